The topological polar surface area (TPSA) is 50.9 Å². The fourth-order valence-corrected chi connectivity index (χ4v) is 8.29. The Morgan fingerprint density at radius 2 is 1.24 bits per heavy atom. The summed E-state index contributed by atoms with van der Waals surface area (Å²) in [5.74, 6) is 0.883. The summed E-state index contributed by atoms with van der Waals surface area (Å²) in [4.78, 5) is 10.4. The molecule has 0 fully saturated rings. The van der Waals surface area contributed by atoms with Gasteiger partial charge in [-0.2, -0.15) is 0 Å². The Balaban J connectivity index is 1.42. The van der Waals surface area contributed by atoms with Gasteiger partial charge < -0.3 is 5.11 Å². The molecule has 0 spiro atoms. The van der Waals surface area contributed by atoms with Crippen LogP contribution in [0, 0.1) is 13.7 Å². The molecule has 0 saturated carbocycles. The van der Waals surface area contributed by atoms with Crippen molar-refractivity contribution in [2.24, 2.45) is 0 Å². The van der Waals surface area contributed by atoms with Crippen LogP contribution >= 0.6 is 0 Å². The van der Waals surface area contributed by atoms with E-state index in [1.54, 1.807) is 30.5 Å². The van der Waals surface area contributed by atoms with Gasteiger partial charge in [0.25, 0.3) is 0 Å². The number of phenols is 1. The molecule has 0 aliphatic heterocycles. The molecule has 2 heterocycles. The minimum Gasteiger partial charge on any atom is -0.507 e. The van der Waals surface area contributed by atoms with Crippen LogP contribution in [0.25, 0.3) is 72.7 Å². The Bertz CT molecular complexity index is 3160. The first-order valence-corrected chi connectivity index (χ1v) is 21.7. The number of aryl methyl sites for hydroxylation is 2. The molecule has 0 bridgehead atoms. The van der Waals surface area contributed by atoms with E-state index in [1.165, 1.54) is 0 Å². The van der Waals surface area contributed by atoms with Gasteiger partial charge in [0.2, 0.25) is 0 Å². The first-order chi connectivity index (χ1) is 31.8. The van der Waals surface area contributed by atoms with Gasteiger partial charge in [0.15, 0.2) is 0 Å². The van der Waals surface area contributed by atoms with E-state index in [1.807, 2.05) is 48.5 Å². The third-order valence-corrected chi connectivity index (χ3v) is 12.1. The summed E-state index contributed by atoms with van der Waals surface area (Å²) in [6.45, 7) is 17.0. The highest BCUT2D eigenvalue weighted by Gasteiger charge is 2.26. The lowest BCUT2D eigenvalue weighted by atomic mass is 9.83. The number of phenolic OH excluding ortho intramolecular Hbond substituents is 1. The van der Waals surface area contributed by atoms with Crippen molar-refractivity contribution in [2.45, 2.75) is 106 Å². The molecule has 4 heteroatoms. The summed E-state index contributed by atoms with van der Waals surface area (Å²) in [6.07, 6.45) is 1.79. The Labute approximate surface area is 377 Å². The average molecular weight is 822 g/mol. The molecule has 62 heavy (non-hydrogen) atoms. The largest absolute Gasteiger partial charge is 0.507 e. The number of aromatic hydroxyl groups is 1. The maximum atomic E-state index is 12.3. The maximum Gasteiger partial charge on any atom is 0.149 e. The van der Waals surface area contributed by atoms with Gasteiger partial charge >= 0.3 is 0 Å². The second kappa shape index (κ2) is 16.2. The number of hydrogen-bond acceptors (Lipinski definition) is 3. The van der Waals surface area contributed by atoms with E-state index in [0.717, 1.165) is 78.1 Å². The maximum absolute atomic E-state index is 12.3. The fraction of sp³-hybridized carbons (Fsp3) is 0.276. The number of pyridine rings is 1. The molecule has 0 aliphatic rings. The van der Waals surface area contributed by atoms with Crippen LogP contribution in [0.1, 0.15) is 123 Å². The standard InChI is InChI=1S/C58H61N3O/c1-35(2)42-32-48(36(3)4)55(62)50(33-42)56-60-54-47(14-13-15-53(54)61(56)52-25-18-38(6)28-49(52)40-21-23-45(24-22-40)57(7,8)9)43-29-44(31-46(30-43)58(10,11)12)51-34-41(26-27-59-51)39-19-16-37(5)17-20-39/h13-36,62H,1-12H3/i5D3,6D3. The second-order valence-electron chi connectivity index (χ2n) is 19.4. The van der Waals surface area contributed by atoms with Crippen molar-refractivity contribution in [3.63, 3.8) is 0 Å². The third kappa shape index (κ3) is 8.23. The van der Waals surface area contributed by atoms with Crippen LogP contribution in [0.3, 0.4) is 0 Å². The van der Waals surface area contributed by atoms with E-state index in [0.29, 0.717) is 22.5 Å². The minimum atomic E-state index is -2.35. The molecule has 0 radical (unpaired) electrons. The molecule has 6 aromatic carbocycles. The molecule has 0 amide bonds. The van der Waals surface area contributed by atoms with Gasteiger partial charge in [-0.1, -0.05) is 159 Å². The molecule has 0 aliphatic carbocycles. The Morgan fingerprint density at radius 3 is 1.90 bits per heavy atom. The van der Waals surface area contributed by atoms with Gasteiger partial charge in [0, 0.05) is 31.1 Å². The molecule has 314 valence electrons. The van der Waals surface area contributed by atoms with Crippen LogP contribution < -0.4 is 0 Å². The first kappa shape index (κ1) is 35.3. The highest BCUT2D eigenvalue weighted by atomic mass is 16.3. The van der Waals surface area contributed by atoms with Crippen molar-refractivity contribution >= 4 is 11.0 Å². The summed E-state index contributed by atoms with van der Waals surface area (Å²) < 4.78 is 51.0. The first-order valence-electron chi connectivity index (χ1n) is 24.7. The van der Waals surface area contributed by atoms with Crippen molar-refractivity contribution in [1.29, 1.82) is 0 Å². The average Bonchev–Trinajstić information content (AvgIpc) is 3.67. The molecular formula is C58H61N3O. The fourth-order valence-electron chi connectivity index (χ4n) is 8.29. The number of nitrogens with zero attached hydrogens (tertiary/aromatic N) is 3. The van der Waals surface area contributed by atoms with E-state index in [9.17, 15) is 5.11 Å². The van der Waals surface area contributed by atoms with E-state index in [-0.39, 0.29) is 34.0 Å². The molecule has 1 N–H and O–H groups in total. The number of imidazole rings is 1. The van der Waals surface area contributed by atoms with Crippen LogP contribution in [0.2, 0.25) is 0 Å². The molecule has 0 unspecified atom stereocenters. The van der Waals surface area contributed by atoms with Crippen molar-refractivity contribution in [3.05, 3.63) is 167 Å². The van der Waals surface area contributed by atoms with Gasteiger partial charge in [0.05, 0.1) is 28.0 Å². The Kier molecular flexibility index (Phi) is 9.24. The van der Waals surface area contributed by atoms with Crippen LogP contribution in [-0.4, -0.2) is 19.6 Å². The number of para-hydroxylation sites is 1. The van der Waals surface area contributed by atoms with Gasteiger partial charge in [-0.15, -0.1) is 0 Å². The van der Waals surface area contributed by atoms with Crippen molar-refractivity contribution in [1.82, 2.24) is 14.5 Å². The molecule has 8 aromatic rings. The number of aromatic nitrogens is 3. The Hall–Kier alpha value is -6.26. The smallest absolute Gasteiger partial charge is 0.149 e. The number of fused-ring (bicyclic) bond motifs is 1. The summed E-state index contributed by atoms with van der Waals surface area (Å²) in [7, 11) is 0. The molecule has 0 saturated heterocycles. The zero-order valence-corrected chi connectivity index (χ0v) is 37.6. The summed E-state index contributed by atoms with van der Waals surface area (Å²) in [6, 6.07) is 41.5. The molecule has 0 atom stereocenters. The highest BCUT2D eigenvalue weighted by molar-refractivity contribution is 5.98. The van der Waals surface area contributed by atoms with Crippen LogP contribution in [0.5, 0.6) is 5.75 Å². The van der Waals surface area contributed by atoms with Gasteiger partial charge in [-0.05, 0) is 129 Å². The zero-order valence-electron chi connectivity index (χ0n) is 43.6. The van der Waals surface area contributed by atoms with Gasteiger partial charge in [-0.3, -0.25) is 9.55 Å². The van der Waals surface area contributed by atoms with E-state index in [4.69, 9.17) is 18.2 Å². The highest BCUT2D eigenvalue weighted by Crippen LogP contribution is 2.44. The molecule has 4 nitrogen and oxygen atoms in total. The normalized spacial score (nSPS) is 14.1. The lowest BCUT2D eigenvalue weighted by molar-refractivity contribution is 0.466. The van der Waals surface area contributed by atoms with Crippen molar-refractivity contribution in [2.75, 3.05) is 0 Å². The molecular weight excluding hydrogens is 755 g/mol. The van der Waals surface area contributed by atoms with Crippen LogP contribution in [0.15, 0.2) is 134 Å². The SMILES string of the molecule is [2H]C([2H])([2H])c1ccc(-c2ccnc(-c3cc(-c4cccc5c4nc(-c4cc(C(C)C)cc(C(C)C)c4O)n5-c4ccc(C([2H])([2H])[2H])cc4-c4ccc(C(C)(C)C)cc4)cc(C(C)(C)C)c3)c2)cc1. The lowest BCUT2D eigenvalue weighted by Crippen LogP contribution is -2.11. The van der Waals surface area contributed by atoms with Crippen LogP contribution in [-0.2, 0) is 10.8 Å². The second-order valence-corrected chi connectivity index (χ2v) is 19.4. The van der Waals surface area contributed by atoms with Crippen LogP contribution in [0.4, 0.5) is 0 Å². The van der Waals surface area contributed by atoms with Crippen molar-refractivity contribution in [3.8, 4) is 67.5 Å². The predicted molar refractivity (Wildman–Crippen MR) is 263 cm³/mol. The number of benzene rings is 6. The summed E-state index contributed by atoms with van der Waals surface area (Å²) >= 11 is 0. The van der Waals surface area contributed by atoms with Crippen molar-refractivity contribution < 1.29 is 13.3 Å². The van der Waals surface area contributed by atoms with E-state index < -0.39 is 13.7 Å². The lowest BCUT2D eigenvalue weighted by Gasteiger charge is -2.22. The number of hydrogen-bond donors (Lipinski definition) is 1. The Morgan fingerprint density at radius 1 is 0.565 bits per heavy atom. The molecule has 2 aromatic heterocycles. The third-order valence-electron chi connectivity index (χ3n) is 12.1. The number of rotatable bonds is 8. The monoisotopic (exact) mass is 822 g/mol. The van der Waals surface area contributed by atoms with E-state index >= 15 is 0 Å². The summed E-state index contributed by atoms with van der Waals surface area (Å²) in [5, 5.41) is 12.3. The van der Waals surface area contributed by atoms with E-state index in [2.05, 4.69) is 128 Å². The van der Waals surface area contributed by atoms with Gasteiger partial charge in [-0.25, -0.2) is 4.98 Å². The summed E-state index contributed by atoms with van der Waals surface area (Å²) in [5.41, 5.74) is 14.0. The molecule has 8 rings (SSSR count). The quantitative estimate of drug-likeness (QED) is 0.166. The minimum absolute atomic E-state index is 0.0236. The zero-order chi connectivity index (χ0) is 49.2. The predicted octanol–water partition coefficient (Wildman–Crippen LogP) is 15.9. The van der Waals surface area contributed by atoms with Gasteiger partial charge in [0.1, 0.15) is 11.6 Å².